The third-order valence-corrected chi connectivity index (χ3v) is 7.02. The van der Waals surface area contributed by atoms with E-state index in [1.54, 1.807) is 12.3 Å². The van der Waals surface area contributed by atoms with E-state index < -0.39 is 0 Å². The number of aldehydes is 1. The molecule has 1 saturated heterocycles. The van der Waals surface area contributed by atoms with E-state index in [2.05, 4.69) is 44.9 Å². The van der Waals surface area contributed by atoms with Crippen LogP contribution in [0.25, 0.3) is 21.8 Å². The molecule has 0 saturated carbocycles. The summed E-state index contributed by atoms with van der Waals surface area (Å²) in [5.41, 5.74) is 4.22. The summed E-state index contributed by atoms with van der Waals surface area (Å²) in [7, 11) is 0. The number of carbonyl (C=O) groups is 1. The summed E-state index contributed by atoms with van der Waals surface area (Å²) >= 11 is 12.4. The number of benzene rings is 2. The Hall–Kier alpha value is -2.44. The number of carbonyl (C=O) groups excluding carboxylic acids is 1. The largest absolute Gasteiger partial charge is 0.357 e. The Morgan fingerprint density at radius 3 is 2.75 bits per heavy atom. The van der Waals surface area contributed by atoms with Gasteiger partial charge in [-0.25, -0.2) is 0 Å². The normalized spacial score (nSPS) is 20.2. The first-order valence-corrected chi connectivity index (χ1v) is 11.5. The Morgan fingerprint density at radius 2 is 1.91 bits per heavy atom. The Morgan fingerprint density at radius 1 is 1.06 bits per heavy atom. The van der Waals surface area contributed by atoms with Crippen LogP contribution in [0.2, 0.25) is 10.0 Å². The molecular formula is C25H24Cl2N4O. The van der Waals surface area contributed by atoms with E-state index in [9.17, 15) is 4.79 Å². The fourth-order valence-electron chi connectivity index (χ4n) is 4.70. The Kier molecular flexibility index (Phi) is 5.91. The van der Waals surface area contributed by atoms with Crippen LogP contribution in [-0.2, 0) is 17.9 Å². The molecule has 0 radical (unpaired) electrons. The van der Waals surface area contributed by atoms with Crippen molar-refractivity contribution in [2.75, 3.05) is 13.1 Å². The summed E-state index contributed by atoms with van der Waals surface area (Å²) in [6, 6.07) is 15.9. The van der Waals surface area contributed by atoms with Gasteiger partial charge in [0.05, 0.1) is 16.6 Å². The van der Waals surface area contributed by atoms with E-state index in [0.717, 1.165) is 64.0 Å². The van der Waals surface area contributed by atoms with E-state index in [1.807, 2.05) is 24.3 Å². The Labute approximate surface area is 196 Å². The standard InChI is InChI=1S/C25H24Cl2N4O/c1-16-25(15-32)31(13-17-2-4-21-22(27)6-7-28-24(21)10-17)9-8-30(16)14-20-12-18-11-19(26)3-5-23(18)29-20/h2-7,10-12,15-16,25,29H,8-9,13-14H2,1H3/t16-,25?/m0/s1. The van der Waals surface area contributed by atoms with Crippen molar-refractivity contribution in [1.29, 1.82) is 0 Å². The number of nitrogens with zero attached hydrogens (tertiary/aromatic N) is 3. The van der Waals surface area contributed by atoms with Crippen molar-refractivity contribution in [3.8, 4) is 0 Å². The smallest absolute Gasteiger partial charge is 0.138 e. The second-order valence-electron chi connectivity index (χ2n) is 8.48. The van der Waals surface area contributed by atoms with Crippen molar-refractivity contribution in [2.24, 2.45) is 0 Å². The number of nitrogens with one attached hydrogen (secondary N) is 1. The molecule has 0 amide bonds. The second kappa shape index (κ2) is 8.83. The van der Waals surface area contributed by atoms with Gasteiger partial charge in [-0.3, -0.25) is 14.8 Å². The molecule has 3 heterocycles. The van der Waals surface area contributed by atoms with Crippen LogP contribution in [0, 0.1) is 0 Å². The zero-order valence-corrected chi connectivity index (χ0v) is 19.3. The van der Waals surface area contributed by atoms with Crippen molar-refractivity contribution in [3.63, 3.8) is 0 Å². The van der Waals surface area contributed by atoms with Gasteiger partial charge in [0, 0.05) is 65.4 Å². The number of aromatic nitrogens is 2. The number of pyridine rings is 1. The van der Waals surface area contributed by atoms with Gasteiger partial charge in [-0.2, -0.15) is 0 Å². The molecule has 0 aliphatic carbocycles. The lowest BCUT2D eigenvalue weighted by Crippen LogP contribution is -2.58. The molecule has 4 aromatic rings. The van der Waals surface area contributed by atoms with Crippen molar-refractivity contribution in [2.45, 2.75) is 32.1 Å². The van der Waals surface area contributed by atoms with Crippen LogP contribution in [0.1, 0.15) is 18.2 Å². The molecule has 0 spiro atoms. The van der Waals surface area contributed by atoms with Crippen LogP contribution in [-0.4, -0.2) is 51.2 Å². The minimum absolute atomic E-state index is 0.101. The van der Waals surface area contributed by atoms with Crippen LogP contribution < -0.4 is 0 Å². The maximum absolute atomic E-state index is 12.1. The summed E-state index contributed by atoms with van der Waals surface area (Å²) in [5, 5.41) is 3.49. The zero-order valence-electron chi connectivity index (χ0n) is 17.8. The fraction of sp³-hybridized carbons (Fsp3) is 0.280. The summed E-state index contributed by atoms with van der Waals surface area (Å²) in [5.74, 6) is 0. The molecular weight excluding hydrogens is 443 g/mol. The van der Waals surface area contributed by atoms with Gasteiger partial charge < -0.3 is 9.78 Å². The predicted octanol–water partition coefficient (Wildman–Crippen LogP) is 5.30. The minimum Gasteiger partial charge on any atom is -0.357 e. The monoisotopic (exact) mass is 466 g/mol. The number of halogens is 2. The molecule has 1 fully saturated rings. The molecule has 32 heavy (non-hydrogen) atoms. The van der Waals surface area contributed by atoms with Gasteiger partial charge in [0.1, 0.15) is 6.29 Å². The van der Waals surface area contributed by atoms with E-state index in [0.29, 0.717) is 11.6 Å². The lowest BCUT2D eigenvalue weighted by molar-refractivity contribution is -0.117. The van der Waals surface area contributed by atoms with E-state index in [-0.39, 0.29) is 12.1 Å². The lowest BCUT2D eigenvalue weighted by Gasteiger charge is -2.44. The van der Waals surface area contributed by atoms with Gasteiger partial charge in [-0.1, -0.05) is 35.3 Å². The molecule has 2 aromatic heterocycles. The molecule has 1 unspecified atom stereocenters. The first-order chi connectivity index (χ1) is 15.5. The third-order valence-electron chi connectivity index (χ3n) is 6.46. The number of hydrogen-bond donors (Lipinski definition) is 1. The van der Waals surface area contributed by atoms with Crippen molar-refractivity contribution in [3.05, 3.63) is 76.0 Å². The van der Waals surface area contributed by atoms with Crippen LogP contribution in [0.5, 0.6) is 0 Å². The van der Waals surface area contributed by atoms with Gasteiger partial charge >= 0.3 is 0 Å². The molecule has 164 valence electrons. The van der Waals surface area contributed by atoms with Crippen LogP contribution >= 0.6 is 23.2 Å². The molecule has 0 bridgehead atoms. The summed E-state index contributed by atoms with van der Waals surface area (Å²) in [6.45, 7) is 5.31. The molecule has 5 rings (SSSR count). The van der Waals surface area contributed by atoms with Crippen molar-refractivity contribution < 1.29 is 4.79 Å². The van der Waals surface area contributed by atoms with Crippen LogP contribution in [0.15, 0.2) is 54.7 Å². The number of hydrogen-bond acceptors (Lipinski definition) is 4. The maximum atomic E-state index is 12.1. The van der Waals surface area contributed by atoms with Gasteiger partial charge in [-0.15, -0.1) is 0 Å². The minimum atomic E-state index is -0.175. The quantitative estimate of drug-likeness (QED) is 0.405. The zero-order chi connectivity index (χ0) is 22.2. The van der Waals surface area contributed by atoms with Gasteiger partial charge in [0.15, 0.2) is 0 Å². The highest BCUT2D eigenvalue weighted by atomic mass is 35.5. The van der Waals surface area contributed by atoms with Gasteiger partial charge in [-0.05, 0) is 48.9 Å². The summed E-state index contributed by atoms with van der Waals surface area (Å²) < 4.78 is 0. The maximum Gasteiger partial charge on any atom is 0.138 e. The Bertz CT molecular complexity index is 1290. The second-order valence-corrected chi connectivity index (χ2v) is 9.32. The van der Waals surface area contributed by atoms with E-state index in [4.69, 9.17) is 23.2 Å². The van der Waals surface area contributed by atoms with Crippen molar-refractivity contribution >= 4 is 51.3 Å². The molecule has 1 aliphatic heterocycles. The summed E-state index contributed by atoms with van der Waals surface area (Å²) in [4.78, 5) is 24.6. The molecule has 5 nitrogen and oxygen atoms in total. The van der Waals surface area contributed by atoms with Crippen LogP contribution in [0.3, 0.4) is 0 Å². The topological polar surface area (TPSA) is 52.2 Å². The highest BCUT2D eigenvalue weighted by molar-refractivity contribution is 6.35. The number of fused-ring (bicyclic) bond motifs is 2. The number of H-pyrrole nitrogens is 1. The summed E-state index contributed by atoms with van der Waals surface area (Å²) in [6.07, 6.45) is 2.81. The molecule has 7 heteroatoms. The Balaban J connectivity index is 1.31. The predicted molar refractivity (Wildman–Crippen MR) is 130 cm³/mol. The highest BCUT2D eigenvalue weighted by Crippen LogP contribution is 2.26. The first-order valence-electron chi connectivity index (χ1n) is 10.8. The van der Waals surface area contributed by atoms with Crippen LogP contribution in [0.4, 0.5) is 0 Å². The lowest BCUT2D eigenvalue weighted by atomic mass is 10.0. The van der Waals surface area contributed by atoms with Gasteiger partial charge in [0.2, 0.25) is 0 Å². The number of aromatic amines is 1. The SMILES string of the molecule is C[C@H]1C(C=O)N(Cc2ccc3c(Cl)ccnc3c2)CCN1Cc1cc2cc(Cl)ccc2[nH]1. The van der Waals surface area contributed by atoms with E-state index in [1.165, 1.54) is 0 Å². The number of piperazine rings is 1. The first kappa shape index (κ1) is 21.4. The number of rotatable bonds is 5. The fourth-order valence-corrected chi connectivity index (χ4v) is 5.09. The van der Waals surface area contributed by atoms with E-state index >= 15 is 0 Å². The molecule has 1 aliphatic rings. The molecule has 2 aromatic carbocycles. The average Bonchev–Trinajstić information content (AvgIpc) is 3.17. The van der Waals surface area contributed by atoms with Crippen molar-refractivity contribution in [1.82, 2.24) is 19.8 Å². The highest BCUT2D eigenvalue weighted by Gasteiger charge is 2.33. The third kappa shape index (κ3) is 4.14. The molecule has 1 N–H and O–H groups in total. The van der Waals surface area contributed by atoms with Gasteiger partial charge in [0.25, 0.3) is 0 Å². The average molecular weight is 467 g/mol. The molecule has 2 atom stereocenters.